The Balaban J connectivity index is 0.00000576. The average molecular weight is 469 g/mol. The van der Waals surface area contributed by atoms with Crippen LogP contribution < -0.4 is 10.6 Å². The van der Waals surface area contributed by atoms with Gasteiger partial charge in [-0.05, 0) is 31.6 Å². The maximum absolute atomic E-state index is 6.05. The Morgan fingerprint density at radius 1 is 1.20 bits per heavy atom. The van der Waals surface area contributed by atoms with E-state index in [2.05, 4.69) is 45.3 Å². The highest BCUT2D eigenvalue weighted by atomic mass is 127. The van der Waals surface area contributed by atoms with Crippen molar-refractivity contribution in [3.8, 4) is 0 Å². The number of rotatable bonds is 9. The minimum absolute atomic E-state index is 0. The molecule has 6 heteroatoms. The third kappa shape index (κ3) is 10.6. The molecule has 1 rings (SSSR count). The predicted molar refractivity (Wildman–Crippen MR) is 117 cm³/mol. The smallest absolute Gasteiger partial charge is 0.191 e. The Kier molecular flexibility index (Phi) is 14.0. The van der Waals surface area contributed by atoms with Crippen molar-refractivity contribution in [2.75, 3.05) is 39.5 Å². The molecular formula is C19H40IN3O2. The predicted octanol–water partition coefficient (Wildman–Crippen LogP) is 3.82. The highest BCUT2D eigenvalue weighted by Crippen LogP contribution is 2.34. The molecule has 25 heavy (non-hydrogen) atoms. The Morgan fingerprint density at radius 3 is 2.60 bits per heavy atom. The molecule has 1 fully saturated rings. The summed E-state index contributed by atoms with van der Waals surface area (Å²) in [6.45, 7) is 16.0. The lowest BCUT2D eigenvalue weighted by atomic mass is 9.78. The summed E-state index contributed by atoms with van der Waals surface area (Å²) in [7, 11) is 0. The molecule has 0 bridgehead atoms. The minimum atomic E-state index is 0. The van der Waals surface area contributed by atoms with Crippen LogP contribution >= 0.6 is 24.0 Å². The van der Waals surface area contributed by atoms with E-state index < -0.39 is 0 Å². The van der Waals surface area contributed by atoms with E-state index in [-0.39, 0.29) is 35.5 Å². The fourth-order valence-electron chi connectivity index (χ4n) is 3.13. The van der Waals surface area contributed by atoms with Crippen LogP contribution in [0.15, 0.2) is 4.99 Å². The zero-order valence-electron chi connectivity index (χ0n) is 16.9. The summed E-state index contributed by atoms with van der Waals surface area (Å²) >= 11 is 0. The van der Waals surface area contributed by atoms with Gasteiger partial charge in [0.05, 0.1) is 12.7 Å². The van der Waals surface area contributed by atoms with Crippen LogP contribution in [0.4, 0.5) is 0 Å². The van der Waals surface area contributed by atoms with Gasteiger partial charge in [-0.1, -0.05) is 34.1 Å². The fourth-order valence-corrected chi connectivity index (χ4v) is 3.13. The van der Waals surface area contributed by atoms with Crippen molar-refractivity contribution in [3.05, 3.63) is 0 Å². The van der Waals surface area contributed by atoms with Crippen molar-refractivity contribution in [3.63, 3.8) is 0 Å². The van der Waals surface area contributed by atoms with E-state index in [1.807, 2.05) is 0 Å². The van der Waals surface area contributed by atoms with Gasteiger partial charge in [0, 0.05) is 38.8 Å². The second kappa shape index (κ2) is 14.0. The zero-order valence-corrected chi connectivity index (χ0v) is 19.2. The van der Waals surface area contributed by atoms with Gasteiger partial charge in [-0.25, -0.2) is 0 Å². The van der Waals surface area contributed by atoms with E-state index >= 15 is 0 Å². The molecule has 0 aliphatic carbocycles. The zero-order chi connectivity index (χ0) is 17.8. The number of aliphatic imine (C=N–C) groups is 1. The fraction of sp³-hybridized carbons (Fsp3) is 0.947. The molecule has 0 spiro atoms. The molecule has 0 aromatic rings. The van der Waals surface area contributed by atoms with Crippen LogP contribution in [0.3, 0.4) is 0 Å². The number of guanidine groups is 1. The monoisotopic (exact) mass is 469 g/mol. The van der Waals surface area contributed by atoms with Crippen LogP contribution in [0, 0.1) is 11.3 Å². The van der Waals surface area contributed by atoms with Crippen LogP contribution in [-0.4, -0.2) is 51.5 Å². The number of nitrogens with one attached hydrogen (secondary N) is 2. The highest BCUT2D eigenvalue weighted by molar-refractivity contribution is 14.0. The van der Waals surface area contributed by atoms with Gasteiger partial charge in [-0.3, -0.25) is 4.99 Å². The molecular weight excluding hydrogens is 429 g/mol. The molecule has 1 aliphatic rings. The summed E-state index contributed by atoms with van der Waals surface area (Å²) in [5.41, 5.74) is 0.166. The highest BCUT2D eigenvalue weighted by Gasteiger charge is 2.35. The first-order chi connectivity index (χ1) is 11.5. The lowest BCUT2D eigenvalue weighted by molar-refractivity contribution is -0.0823. The number of nitrogens with zero attached hydrogens (tertiary/aromatic N) is 1. The van der Waals surface area contributed by atoms with Crippen LogP contribution in [0.2, 0.25) is 0 Å². The van der Waals surface area contributed by atoms with Gasteiger partial charge in [0.2, 0.25) is 0 Å². The largest absolute Gasteiger partial charge is 0.380 e. The summed E-state index contributed by atoms with van der Waals surface area (Å²) in [6.07, 6.45) is 4.93. The van der Waals surface area contributed by atoms with Gasteiger partial charge in [0.25, 0.3) is 0 Å². The molecule has 0 radical (unpaired) electrons. The van der Waals surface area contributed by atoms with Gasteiger partial charge in [-0.2, -0.15) is 0 Å². The number of unbranched alkanes of at least 4 members (excludes halogenated alkanes) is 1. The van der Waals surface area contributed by atoms with E-state index in [1.54, 1.807) is 0 Å². The SMILES string of the molecule is CCCCOCCNC(=NCC1CCCOC1C(C)(C)C)NCC.I. The number of hydrogen-bond acceptors (Lipinski definition) is 3. The Morgan fingerprint density at radius 2 is 1.96 bits per heavy atom. The minimum Gasteiger partial charge on any atom is -0.380 e. The quantitative estimate of drug-likeness (QED) is 0.233. The van der Waals surface area contributed by atoms with E-state index in [0.717, 1.165) is 58.3 Å². The molecule has 0 saturated carbocycles. The van der Waals surface area contributed by atoms with E-state index in [4.69, 9.17) is 14.5 Å². The Bertz CT molecular complexity index is 359. The van der Waals surface area contributed by atoms with Gasteiger partial charge in [-0.15, -0.1) is 24.0 Å². The van der Waals surface area contributed by atoms with Gasteiger partial charge in [0.1, 0.15) is 0 Å². The van der Waals surface area contributed by atoms with Crippen molar-refractivity contribution in [2.24, 2.45) is 16.3 Å². The number of ether oxygens (including phenoxy) is 2. The second-order valence-electron chi connectivity index (χ2n) is 7.67. The van der Waals surface area contributed by atoms with Gasteiger partial charge >= 0.3 is 0 Å². The molecule has 0 aromatic heterocycles. The third-order valence-corrected chi connectivity index (χ3v) is 4.31. The first-order valence-electron chi connectivity index (χ1n) is 9.70. The molecule has 0 amide bonds. The first-order valence-corrected chi connectivity index (χ1v) is 9.70. The van der Waals surface area contributed by atoms with E-state index in [1.165, 1.54) is 12.8 Å². The van der Waals surface area contributed by atoms with Crippen molar-refractivity contribution >= 4 is 29.9 Å². The molecule has 1 saturated heterocycles. The van der Waals surface area contributed by atoms with Crippen LogP contribution in [0.1, 0.15) is 60.3 Å². The molecule has 1 heterocycles. The summed E-state index contributed by atoms with van der Waals surface area (Å²) in [4.78, 5) is 4.79. The molecule has 0 aromatic carbocycles. The maximum Gasteiger partial charge on any atom is 0.191 e. The maximum atomic E-state index is 6.05. The van der Waals surface area contributed by atoms with E-state index in [9.17, 15) is 0 Å². The number of hydrogen-bond donors (Lipinski definition) is 2. The van der Waals surface area contributed by atoms with Crippen molar-refractivity contribution < 1.29 is 9.47 Å². The topological polar surface area (TPSA) is 54.9 Å². The summed E-state index contributed by atoms with van der Waals surface area (Å²) in [6, 6.07) is 0. The molecule has 1 aliphatic heterocycles. The normalized spacial score (nSPS) is 21.6. The first kappa shape index (κ1) is 24.9. The Labute approximate surface area is 172 Å². The standard InChI is InChI=1S/C19H39N3O2.HI/c1-6-8-12-23-14-11-21-18(20-7-2)22-15-16-10-9-13-24-17(16)19(3,4)5;/h16-17H,6-15H2,1-5H3,(H2,20,21,22);1H. The summed E-state index contributed by atoms with van der Waals surface area (Å²) in [5.74, 6) is 1.38. The molecule has 150 valence electrons. The van der Waals surface area contributed by atoms with Crippen molar-refractivity contribution in [1.29, 1.82) is 0 Å². The van der Waals surface area contributed by atoms with Crippen molar-refractivity contribution in [2.45, 2.75) is 66.4 Å². The van der Waals surface area contributed by atoms with Gasteiger partial charge < -0.3 is 20.1 Å². The number of halogens is 1. The molecule has 2 atom stereocenters. The Hall–Kier alpha value is -0.0800. The summed E-state index contributed by atoms with van der Waals surface area (Å²) in [5, 5.41) is 6.68. The van der Waals surface area contributed by atoms with Gasteiger partial charge in [0.15, 0.2) is 5.96 Å². The molecule has 5 nitrogen and oxygen atoms in total. The lowest BCUT2D eigenvalue weighted by Crippen LogP contribution is -2.43. The summed E-state index contributed by atoms with van der Waals surface area (Å²) < 4.78 is 11.6. The third-order valence-electron chi connectivity index (χ3n) is 4.31. The second-order valence-corrected chi connectivity index (χ2v) is 7.67. The van der Waals surface area contributed by atoms with E-state index in [0.29, 0.717) is 5.92 Å². The van der Waals surface area contributed by atoms with Crippen molar-refractivity contribution in [1.82, 2.24) is 10.6 Å². The lowest BCUT2D eigenvalue weighted by Gasteiger charge is -2.39. The van der Waals surface area contributed by atoms with Crippen LogP contribution in [0.5, 0.6) is 0 Å². The average Bonchev–Trinajstić information content (AvgIpc) is 2.55. The molecule has 2 unspecified atom stereocenters. The molecule has 2 N–H and O–H groups in total. The van der Waals surface area contributed by atoms with Crippen LogP contribution in [0.25, 0.3) is 0 Å². The van der Waals surface area contributed by atoms with Crippen LogP contribution in [-0.2, 0) is 9.47 Å².